The van der Waals surface area contributed by atoms with Crippen molar-refractivity contribution in [1.29, 1.82) is 0 Å². The Morgan fingerprint density at radius 3 is 2.84 bits per heavy atom. The van der Waals surface area contributed by atoms with E-state index in [0.717, 1.165) is 5.56 Å². The number of halogens is 2. The largest absolute Gasteiger partial charge is 0.486 e. The van der Waals surface area contributed by atoms with E-state index in [1.807, 2.05) is 0 Å². The van der Waals surface area contributed by atoms with E-state index in [0.29, 0.717) is 10.6 Å². The summed E-state index contributed by atoms with van der Waals surface area (Å²) < 4.78 is 19.1. The fourth-order valence-electron chi connectivity index (χ4n) is 1.57. The summed E-state index contributed by atoms with van der Waals surface area (Å²) in [5.74, 6) is -0.388. The average Bonchev–Trinajstić information content (AvgIpc) is 2.39. The molecule has 0 saturated carbocycles. The van der Waals surface area contributed by atoms with Crippen molar-refractivity contribution in [3.63, 3.8) is 0 Å². The zero-order valence-corrected chi connectivity index (χ0v) is 11.1. The minimum Gasteiger partial charge on any atom is -0.486 e. The normalized spacial score (nSPS) is 12.2. The Hall–Kier alpha value is -1.65. The van der Waals surface area contributed by atoms with Gasteiger partial charge in [-0.25, -0.2) is 4.39 Å². The van der Waals surface area contributed by atoms with E-state index in [4.69, 9.17) is 16.3 Å². The Labute approximate surface area is 115 Å². The van der Waals surface area contributed by atoms with Crippen molar-refractivity contribution in [3.8, 4) is 5.75 Å². The first kappa shape index (κ1) is 13.8. The van der Waals surface area contributed by atoms with Gasteiger partial charge in [-0.05, 0) is 30.7 Å². The average molecular weight is 282 g/mol. The van der Waals surface area contributed by atoms with Crippen LogP contribution < -0.4 is 4.74 Å². The lowest BCUT2D eigenvalue weighted by molar-refractivity contribution is 0.198. The third kappa shape index (κ3) is 3.43. The fourth-order valence-corrected chi connectivity index (χ4v) is 1.74. The zero-order chi connectivity index (χ0) is 13.8. The maximum Gasteiger partial charge on any atom is 0.165 e. The number of rotatable bonds is 4. The highest BCUT2D eigenvalue weighted by Gasteiger charge is 2.09. The van der Waals surface area contributed by atoms with Crippen molar-refractivity contribution in [2.24, 2.45) is 0 Å². The number of aliphatic hydroxyl groups excluding tert-OH is 1. The molecule has 0 aliphatic heterocycles. The Morgan fingerprint density at radius 2 is 2.21 bits per heavy atom. The van der Waals surface area contributed by atoms with Gasteiger partial charge >= 0.3 is 0 Å². The number of pyridine rings is 1. The number of aliphatic hydroxyl groups is 1. The zero-order valence-electron chi connectivity index (χ0n) is 10.3. The van der Waals surface area contributed by atoms with Crippen molar-refractivity contribution < 1.29 is 14.2 Å². The van der Waals surface area contributed by atoms with Crippen LogP contribution in [0.25, 0.3) is 0 Å². The van der Waals surface area contributed by atoms with E-state index < -0.39 is 11.9 Å². The molecule has 1 heterocycles. The lowest BCUT2D eigenvalue weighted by Gasteiger charge is -2.10. The van der Waals surface area contributed by atoms with E-state index in [1.54, 1.807) is 25.3 Å². The van der Waals surface area contributed by atoms with E-state index in [-0.39, 0.29) is 12.4 Å². The molecule has 19 heavy (non-hydrogen) atoms. The van der Waals surface area contributed by atoms with Gasteiger partial charge in [0.1, 0.15) is 6.61 Å². The highest BCUT2D eigenvalue weighted by molar-refractivity contribution is 6.31. The SMILES string of the molecule is C[C@@H](O)c1ccc(OCc2ccncc2Cl)c(F)c1. The molecule has 1 aromatic carbocycles. The van der Waals surface area contributed by atoms with Crippen molar-refractivity contribution in [1.82, 2.24) is 4.98 Å². The van der Waals surface area contributed by atoms with E-state index in [1.165, 1.54) is 18.3 Å². The predicted octanol–water partition coefficient (Wildman–Crippen LogP) is 3.51. The molecular formula is C14H13ClFNO2. The number of benzene rings is 1. The van der Waals surface area contributed by atoms with Crippen LogP contribution in [-0.2, 0) is 6.61 Å². The summed E-state index contributed by atoms with van der Waals surface area (Å²) in [6.07, 6.45) is 2.39. The fraction of sp³-hybridized carbons (Fsp3) is 0.214. The van der Waals surface area contributed by atoms with Crippen molar-refractivity contribution >= 4 is 11.6 Å². The first-order chi connectivity index (χ1) is 9.08. The van der Waals surface area contributed by atoms with Gasteiger partial charge in [0.25, 0.3) is 0 Å². The second-order valence-corrected chi connectivity index (χ2v) is 4.53. The Morgan fingerprint density at radius 1 is 1.42 bits per heavy atom. The quantitative estimate of drug-likeness (QED) is 0.932. The third-order valence-electron chi connectivity index (χ3n) is 2.68. The van der Waals surface area contributed by atoms with Crippen LogP contribution in [0.1, 0.15) is 24.2 Å². The molecule has 3 nitrogen and oxygen atoms in total. The number of aromatic nitrogens is 1. The second-order valence-electron chi connectivity index (χ2n) is 4.12. The molecule has 100 valence electrons. The standard InChI is InChI=1S/C14H13ClFNO2/c1-9(18)10-2-3-14(13(16)6-10)19-8-11-4-5-17-7-12(11)15/h2-7,9,18H,8H2,1H3/t9-/m1/s1. The van der Waals surface area contributed by atoms with Gasteiger partial charge in [0, 0.05) is 18.0 Å². The smallest absolute Gasteiger partial charge is 0.165 e. The van der Waals surface area contributed by atoms with Gasteiger partial charge < -0.3 is 9.84 Å². The number of hydrogen-bond acceptors (Lipinski definition) is 3. The molecule has 0 spiro atoms. The number of ether oxygens (including phenoxy) is 1. The van der Waals surface area contributed by atoms with Crippen LogP contribution >= 0.6 is 11.6 Å². The molecule has 0 unspecified atom stereocenters. The first-order valence-corrected chi connectivity index (χ1v) is 6.14. The van der Waals surface area contributed by atoms with Gasteiger partial charge in [-0.1, -0.05) is 17.7 Å². The van der Waals surface area contributed by atoms with Crippen LogP contribution in [0.15, 0.2) is 36.7 Å². The number of nitrogens with zero attached hydrogens (tertiary/aromatic N) is 1. The van der Waals surface area contributed by atoms with Crippen molar-refractivity contribution in [2.75, 3.05) is 0 Å². The van der Waals surface area contributed by atoms with Crippen molar-refractivity contribution in [2.45, 2.75) is 19.6 Å². The van der Waals surface area contributed by atoms with Gasteiger partial charge in [0.15, 0.2) is 11.6 Å². The van der Waals surface area contributed by atoms with Crippen LogP contribution in [0.5, 0.6) is 5.75 Å². The summed E-state index contributed by atoms with van der Waals surface area (Å²) in [6, 6.07) is 6.09. The van der Waals surface area contributed by atoms with Gasteiger partial charge in [-0.2, -0.15) is 0 Å². The highest BCUT2D eigenvalue weighted by atomic mass is 35.5. The minimum atomic E-state index is -0.710. The van der Waals surface area contributed by atoms with Crippen LogP contribution in [0.2, 0.25) is 5.02 Å². The molecular weight excluding hydrogens is 269 g/mol. The summed E-state index contributed by atoms with van der Waals surface area (Å²) >= 11 is 5.93. The summed E-state index contributed by atoms with van der Waals surface area (Å²) in [6.45, 7) is 1.73. The maximum atomic E-state index is 13.7. The molecule has 0 aliphatic carbocycles. The lowest BCUT2D eigenvalue weighted by atomic mass is 10.1. The van der Waals surface area contributed by atoms with Crippen LogP contribution in [0.4, 0.5) is 4.39 Å². The molecule has 2 rings (SSSR count). The molecule has 0 saturated heterocycles. The first-order valence-electron chi connectivity index (χ1n) is 5.76. The summed E-state index contributed by atoms with van der Waals surface area (Å²) in [4.78, 5) is 3.86. The molecule has 1 N–H and O–H groups in total. The van der Waals surface area contributed by atoms with Crippen molar-refractivity contribution in [3.05, 3.63) is 58.6 Å². The second kappa shape index (κ2) is 5.99. The summed E-state index contributed by atoms with van der Waals surface area (Å²) in [7, 11) is 0. The molecule has 0 radical (unpaired) electrons. The molecule has 5 heteroatoms. The lowest BCUT2D eigenvalue weighted by Crippen LogP contribution is -2.00. The molecule has 0 fully saturated rings. The molecule has 1 aromatic heterocycles. The van der Waals surface area contributed by atoms with E-state index in [2.05, 4.69) is 4.98 Å². The molecule has 0 amide bonds. The predicted molar refractivity (Wildman–Crippen MR) is 70.6 cm³/mol. The topological polar surface area (TPSA) is 42.4 Å². The monoisotopic (exact) mass is 281 g/mol. The van der Waals surface area contributed by atoms with Crippen LogP contribution in [-0.4, -0.2) is 10.1 Å². The van der Waals surface area contributed by atoms with Crippen LogP contribution in [0.3, 0.4) is 0 Å². The maximum absolute atomic E-state index is 13.7. The Balaban J connectivity index is 2.10. The van der Waals surface area contributed by atoms with Gasteiger partial charge in [-0.15, -0.1) is 0 Å². The number of hydrogen-bond donors (Lipinski definition) is 1. The van der Waals surface area contributed by atoms with Gasteiger partial charge in [-0.3, -0.25) is 4.98 Å². The molecule has 2 aromatic rings. The van der Waals surface area contributed by atoms with Gasteiger partial charge in [0.2, 0.25) is 0 Å². The molecule has 0 bridgehead atoms. The summed E-state index contributed by atoms with van der Waals surface area (Å²) in [5, 5.41) is 9.83. The van der Waals surface area contributed by atoms with E-state index in [9.17, 15) is 9.50 Å². The van der Waals surface area contributed by atoms with E-state index >= 15 is 0 Å². The summed E-state index contributed by atoms with van der Waals surface area (Å²) in [5.41, 5.74) is 1.24. The third-order valence-corrected chi connectivity index (χ3v) is 3.02. The highest BCUT2D eigenvalue weighted by Crippen LogP contribution is 2.23. The minimum absolute atomic E-state index is 0.122. The molecule has 1 atom stereocenters. The Kier molecular flexibility index (Phi) is 4.35. The Bertz CT molecular complexity index is 575. The van der Waals surface area contributed by atoms with Crippen LogP contribution in [0, 0.1) is 5.82 Å². The van der Waals surface area contributed by atoms with Gasteiger partial charge in [0.05, 0.1) is 11.1 Å². The molecule has 0 aliphatic rings.